The number of hydrogen-bond donors (Lipinski definition) is 2. The van der Waals surface area contributed by atoms with E-state index in [-0.39, 0.29) is 49.2 Å². The smallest absolute Gasteiger partial charge is 0.254 e. The zero-order valence-corrected chi connectivity index (χ0v) is 24.6. The molecule has 0 aromatic heterocycles. The molecule has 0 spiro atoms. The lowest BCUT2D eigenvalue weighted by Gasteiger charge is -2.26. The first-order valence-electron chi connectivity index (χ1n) is 11.1. The molecule has 2 aromatic rings. The molecule has 2 aromatic carbocycles. The van der Waals surface area contributed by atoms with Crippen LogP contribution in [0.2, 0.25) is 0 Å². The topological polar surface area (TPSA) is 85.7 Å². The Balaban J connectivity index is 2.09. The molecule has 1 aliphatic heterocycles. The molecule has 0 saturated carbocycles. The lowest BCUT2D eigenvalue weighted by Crippen LogP contribution is -2.31. The van der Waals surface area contributed by atoms with E-state index < -0.39 is 97.7 Å². The molecule has 3 rings (SSSR count). The van der Waals surface area contributed by atoms with Crippen molar-refractivity contribution in [2.75, 3.05) is 31.0 Å². The van der Waals surface area contributed by atoms with Gasteiger partial charge >= 0.3 is 0 Å². The normalized spacial score (nSPS) is 12.5. The maximum absolute atomic E-state index is 14.3. The lowest BCUT2D eigenvalue weighted by molar-refractivity contribution is 0.0949. The van der Waals surface area contributed by atoms with Crippen LogP contribution >= 0.6 is 60.9 Å². The number of rotatable bonds is 13. The summed E-state index contributed by atoms with van der Waals surface area (Å²) in [6.07, 6.45) is 0. The highest BCUT2D eigenvalue weighted by atomic mass is 32.2. The van der Waals surface area contributed by atoms with Gasteiger partial charge in [-0.05, 0) is 31.5 Å². The number of nitrogens with one attached hydrogen (secondary N) is 2. The van der Waals surface area contributed by atoms with Crippen LogP contribution < -0.4 is 14.4 Å². The van der Waals surface area contributed by atoms with Gasteiger partial charge in [0, 0.05) is 25.7 Å². The van der Waals surface area contributed by atoms with E-state index in [0.29, 0.717) is 11.1 Å². The number of amidine groups is 1. The number of carbonyl (C=O) groups is 2. The molecule has 2 N–H and O–H groups in total. The van der Waals surface area contributed by atoms with Crippen LogP contribution in [0.25, 0.3) is 0 Å². The maximum atomic E-state index is 14.3. The number of hydrogen-bond acceptors (Lipinski definition) is 10. The largest absolute Gasteiger partial charge is 0.493 e. The Hall–Kier alpha value is -1.95. The van der Waals surface area contributed by atoms with Gasteiger partial charge in [-0.15, -0.1) is 3.89 Å². The first kappa shape index (κ1) is 31.6. The van der Waals surface area contributed by atoms with Gasteiger partial charge in [0.1, 0.15) is 11.6 Å². The molecule has 1 heterocycles. The number of anilines is 1. The molecule has 39 heavy (non-hydrogen) atoms. The molecule has 0 fully saturated rings. The Kier molecular flexibility index (Phi) is 11.4. The second-order valence-electron chi connectivity index (χ2n) is 7.76. The van der Waals surface area contributed by atoms with Crippen LogP contribution in [0, 0.1) is 5.41 Å². The fourth-order valence-corrected chi connectivity index (χ4v) is 6.94. The summed E-state index contributed by atoms with van der Waals surface area (Å²) in [5.41, 5.74) is 0.0592. The molecule has 1 aliphatic rings. The summed E-state index contributed by atoms with van der Waals surface area (Å²) in [5.74, 6) is -1.21. The van der Waals surface area contributed by atoms with E-state index in [4.69, 9.17) is 10.1 Å². The number of halogens is 5. The summed E-state index contributed by atoms with van der Waals surface area (Å²) in [5, 5.41) is 11.1. The SMILES string of the molecule is CCOc1cc2c(cc1C(=O)NC)C(=N)N(CC(=O)c1c(SF)c(SF)c(SF)c(N(CC)SF)c1SF)C2. The van der Waals surface area contributed by atoms with Crippen molar-refractivity contribution >= 4 is 84.1 Å². The molecule has 0 saturated heterocycles. The fourth-order valence-electron chi connectivity index (χ4n) is 4.06. The van der Waals surface area contributed by atoms with Crippen LogP contribution in [-0.4, -0.2) is 49.2 Å². The van der Waals surface area contributed by atoms with E-state index in [1.807, 2.05) is 0 Å². The molecule has 0 bridgehead atoms. The average molecular weight is 645 g/mol. The Morgan fingerprint density at radius 2 is 1.67 bits per heavy atom. The minimum Gasteiger partial charge on any atom is -0.493 e. The molecule has 1 amide bonds. The number of ether oxygens (including phenoxy) is 1. The molecule has 0 unspecified atom stereocenters. The van der Waals surface area contributed by atoms with E-state index in [9.17, 15) is 29.0 Å². The van der Waals surface area contributed by atoms with Gasteiger partial charge in [-0.1, -0.05) is 0 Å². The number of fused-ring (bicyclic) bond motifs is 1. The van der Waals surface area contributed by atoms with Crippen molar-refractivity contribution in [2.45, 2.75) is 40.0 Å². The summed E-state index contributed by atoms with van der Waals surface area (Å²) in [6.45, 7) is 2.82. The summed E-state index contributed by atoms with van der Waals surface area (Å²) < 4.78 is 76.4. The number of nitrogens with zero attached hydrogens (tertiary/aromatic N) is 2. The van der Waals surface area contributed by atoms with Gasteiger partial charge < -0.3 is 15.0 Å². The van der Waals surface area contributed by atoms with Crippen molar-refractivity contribution in [3.63, 3.8) is 0 Å². The van der Waals surface area contributed by atoms with Crippen LogP contribution in [0.1, 0.15) is 45.7 Å². The molecule has 17 heteroatoms. The molecule has 212 valence electrons. The molecular formula is C22H21F5N4O3S5. The van der Waals surface area contributed by atoms with E-state index in [1.165, 1.54) is 24.9 Å². The highest BCUT2D eigenvalue weighted by Crippen LogP contribution is 2.53. The summed E-state index contributed by atoms with van der Waals surface area (Å²) in [6, 6.07) is 3.04. The van der Waals surface area contributed by atoms with Crippen molar-refractivity contribution in [1.29, 1.82) is 5.41 Å². The molecule has 0 aliphatic carbocycles. The molecule has 7 nitrogen and oxygen atoms in total. The van der Waals surface area contributed by atoms with E-state index in [2.05, 4.69) is 5.32 Å². The van der Waals surface area contributed by atoms with Gasteiger partial charge in [-0.2, -0.15) is 15.5 Å². The predicted octanol–water partition coefficient (Wildman–Crippen LogP) is 7.73. The minimum absolute atomic E-state index is 0.0294. The summed E-state index contributed by atoms with van der Waals surface area (Å²) >= 11 is -2.54. The Morgan fingerprint density at radius 3 is 2.18 bits per heavy atom. The van der Waals surface area contributed by atoms with E-state index in [0.717, 1.165) is 4.31 Å². The van der Waals surface area contributed by atoms with Crippen molar-refractivity contribution in [2.24, 2.45) is 0 Å². The molecule has 0 radical (unpaired) electrons. The Bertz CT molecular complexity index is 1290. The highest BCUT2D eigenvalue weighted by molar-refractivity contribution is 7.99. The van der Waals surface area contributed by atoms with Crippen LogP contribution in [0.4, 0.5) is 25.1 Å². The van der Waals surface area contributed by atoms with Gasteiger partial charge in [-0.3, -0.25) is 19.3 Å². The standard InChI is InChI=1S/C22H21F5N4O3S5/c1-4-31(39-27)16-17(35-23)15(18(36-24)20(38-26)19(16)37-25)13(32)9-30-8-10-6-14(34-5-2)12(22(33)29-3)7-11(10)21(30)28/h6-7,28H,4-5,8-9H2,1-3H3,(H,29,33). The van der Waals surface area contributed by atoms with Crippen LogP contribution in [0.3, 0.4) is 0 Å². The quantitative estimate of drug-likeness (QED) is 0.128. The van der Waals surface area contributed by atoms with Crippen molar-refractivity contribution in [1.82, 2.24) is 10.2 Å². The van der Waals surface area contributed by atoms with Crippen LogP contribution in [-0.2, 0) is 6.54 Å². The van der Waals surface area contributed by atoms with Gasteiger partial charge in [0.15, 0.2) is 18.1 Å². The van der Waals surface area contributed by atoms with Gasteiger partial charge in [0.25, 0.3) is 5.91 Å². The Labute approximate surface area is 243 Å². The number of carbonyl (C=O) groups excluding carboxylic acids is 2. The van der Waals surface area contributed by atoms with Gasteiger partial charge in [-0.25, -0.2) is 0 Å². The summed E-state index contributed by atoms with van der Waals surface area (Å²) in [4.78, 5) is 24.8. The third-order valence-electron chi connectivity index (χ3n) is 5.75. The van der Waals surface area contributed by atoms with Crippen molar-refractivity contribution in [3.05, 3.63) is 34.4 Å². The van der Waals surface area contributed by atoms with Crippen molar-refractivity contribution in [3.8, 4) is 5.75 Å². The van der Waals surface area contributed by atoms with Gasteiger partial charge in [0.2, 0.25) is 0 Å². The van der Waals surface area contributed by atoms with E-state index >= 15 is 0 Å². The zero-order chi connectivity index (χ0) is 28.9. The predicted molar refractivity (Wildman–Crippen MR) is 149 cm³/mol. The molecule has 0 atom stereocenters. The first-order chi connectivity index (χ1) is 18.8. The van der Waals surface area contributed by atoms with E-state index in [1.54, 1.807) is 13.0 Å². The third-order valence-corrected chi connectivity index (χ3v) is 8.84. The fraction of sp³-hybridized carbons (Fsp3) is 0.318. The number of ketones is 1. The monoisotopic (exact) mass is 644 g/mol. The second-order valence-corrected chi connectivity index (χ2v) is 10.6. The average Bonchev–Trinajstić information content (AvgIpc) is 3.25. The second kappa shape index (κ2) is 14.1. The minimum atomic E-state index is -0.906. The summed E-state index contributed by atoms with van der Waals surface area (Å²) in [7, 11) is 1.44. The first-order valence-corrected chi connectivity index (χ1v) is 14.6. The number of Topliss-reactive ketones (excluding diaryl/α,β-unsaturated/α-hetero) is 1. The number of amides is 1. The Morgan fingerprint density at radius 1 is 1.03 bits per heavy atom. The molecular weight excluding hydrogens is 624 g/mol. The van der Waals surface area contributed by atoms with Gasteiger partial charge in [0.05, 0.1) is 98.1 Å². The number of benzene rings is 2. The zero-order valence-electron chi connectivity index (χ0n) is 20.5. The highest BCUT2D eigenvalue weighted by Gasteiger charge is 2.35. The maximum Gasteiger partial charge on any atom is 0.254 e. The van der Waals surface area contributed by atoms with Crippen LogP contribution in [0.15, 0.2) is 31.7 Å². The van der Waals surface area contributed by atoms with Crippen molar-refractivity contribution < 1.29 is 33.8 Å². The lowest BCUT2D eigenvalue weighted by atomic mass is 10.0. The third kappa shape index (κ3) is 6.06. The van der Waals surface area contributed by atoms with Crippen LogP contribution in [0.5, 0.6) is 5.75 Å².